The number of nitrogens with one attached hydrogen (secondary N) is 1. The van der Waals surface area contributed by atoms with Crippen LogP contribution in [0.4, 0.5) is 0 Å². The number of piperazine rings is 1. The molecule has 0 spiro atoms. The van der Waals surface area contributed by atoms with Gasteiger partial charge in [0.1, 0.15) is 0 Å². The Morgan fingerprint density at radius 2 is 1.69 bits per heavy atom. The van der Waals surface area contributed by atoms with Gasteiger partial charge in [-0.2, -0.15) is 0 Å². The van der Waals surface area contributed by atoms with Crippen LogP contribution < -0.4 is 5.32 Å². The molecule has 0 radical (unpaired) electrons. The minimum Gasteiger partial charge on any atom is -0.353 e. The summed E-state index contributed by atoms with van der Waals surface area (Å²) in [5.74, 6) is 0.124. The van der Waals surface area contributed by atoms with Gasteiger partial charge in [-0.1, -0.05) is 67.6 Å². The highest BCUT2D eigenvalue weighted by molar-refractivity contribution is 5.88. The molecule has 1 aliphatic rings. The van der Waals surface area contributed by atoms with Gasteiger partial charge in [0.2, 0.25) is 11.8 Å². The van der Waals surface area contributed by atoms with Gasteiger partial charge in [0.05, 0.1) is 12.5 Å². The Bertz CT molecular complexity index is 755. The molecule has 1 saturated heterocycles. The lowest BCUT2D eigenvalue weighted by molar-refractivity contribution is -0.138. The summed E-state index contributed by atoms with van der Waals surface area (Å²) in [6, 6.07) is 20.4. The monoisotopic (exact) mass is 393 g/mol. The van der Waals surface area contributed by atoms with Crippen LogP contribution in [0.5, 0.6) is 0 Å². The topological polar surface area (TPSA) is 52.7 Å². The SMILES string of the molecule is CCCN(C)C(=O)C[C@@H]1C(=O)NCCN1CC(c1ccccc1)c1ccccc1. The predicted molar refractivity (Wildman–Crippen MR) is 116 cm³/mol. The van der Waals surface area contributed by atoms with E-state index < -0.39 is 6.04 Å². The minimum atomic E-state index is -0.425. The maximum atomic E-state index is 12.7. The molecule has 1 fully saturated rings. The highest BCUT2D eigenvalue weighted by Crippen LogP contribution is 2.27. The largest absolute Gasteiger partial charge is 0.353 e. The first-order valence-electron chi connectivity index (χ1n) is 10.5. The molecule has 1 aliphatic heterocycles. The van der Waals surface area contributed by atoms with E-state index in [1.807, 2.05) is 26.1 Å². The zero-order chi connectivity index (χ0) is 20.6. The highest BCUT2D eigenvalue weighted by atomic mass is 16.2. The average molecular weight is 394 g/mol. The van der Waals surface area contributed by atoms with Crippen molar-refractivity contribution in [1.82, 2.24) is 15.1 Å². The lowest BCUT2D eigenvalue weighted by atomic mass is 9.90. The molecular formula is C24H31N3O2. The van der Waals surface area contributed by atoms with Gasteiger partial charge in [0.15, 0.2) is 0 Å². The van der Waals surface area contributed by atoms with E-state index in [4.69, 9.17) is 0 Å². The van der Waals surface area contributed by atoms with Gasteiger partial charge in [0.25, 0.3) is 0 Å². The summed E-state index contributed by atoms with van der Waals surface area (Å²) < 4.78 is 0. The molecule has 0 aliphatic carbocycles. The van der Waals surface area contributed by atoms with Crippen molar-refractivity contribution in [2.45, 2.75) is 31.7 Å². The van der Waals surface area contributed by atoms with E-state index in [9.17, 15) is 9.59 Å². The molecule has 29 heavy (non-hydrogen) atoms. The van der Waals surface area contributed by atoms with Gasteiger partial charge in [-0.3, -0.25) is 14.5 Å². The first-order chi connectivity index (χ1) is 14.1. The van der Waals surface area contributed by atoms with Gasteiger partial charge in [-0.25, -0.2) is 0 Å². The van der Waals surface area contributed by atoms with Crippen LogP contribution in [-0.4, -0.2) is 60.9 Å². The molecule has 154 valence electrons. The molecule has 0 bridgehead atoms. The lowest BCUT2D eigenvalue weighted by Crippen LogP contribution is -2.57. The van der Waals surface area contributed by atoms with E-state index in [-0.39, 0.29) is 24.2 Å². The molecule has 2 aromatic carbocycles. The van der Waals surface area contributed by atoms with E-state index in [1.54, 1.807) is 4.90 Å². The maximum Gasteiger partial charge on any atom is 0.237 e. The number of amides is 2. The number of hydrogen-bond donors (Lipinski definition) is 1. The Morgan fingerprint density at radius 3 is 2.24 bits per heavy atom. The number of rotatable bonds is 8. The van der Waals surface area contributed by atoms with Crippen molar-refractivity contribution >= 4 is 11.8 Å². The van der Waals surface area contributed by atoms with E-state index >= 15 is 0 Å². The maximum absolute atomic E-state index is 12.7. The quantitative estimate of drug-likeness (QED) is 0.750. The number of benzene rings is 2. The fraction of sp³-hybridized carbons (Fsp3) is 0.417. The number of carbonyl (C=O) groups is 2. The second kappa shape index (κ2) is 10.2. The Balaban J connectivity index is 1.82. The summed E-state index contributed by atoms with van der Waals surface area (Å²) >= 11 is 0. The van der Waals surface area contributed by atoms with Crippen LogP contribution in [0.3, 0.4) is 0 Å². The van der Waals surface area contributed by atoms with Gasteiger partial charge < -0.3 is 10.2 Å². The number of carbonyl (C=O) groups excluding carboxylic acids is 2. The van der Waals surface area contributed by atoms with Gasteiger partial charge in [-0.05, 0) is 17.5 Å². The van der Waals surface area contributed by atoms with Crippen molar-refractivity contribution in [1.29, 1.82) is 0 Å². The average Bonchev–Trinajstić information content (AvgIpc) is 2.75. The van der Waals surface area contributed by atoms with E-state index in [1.165, 1.54) is 11.1 Å². The van der Waals surface area contributed by atoms with Crippen molar-refractivity contribution in [3.05, 3.63) is 71.8 Å². The van der Waals surface area contributed by atoms with Crippen molar-refractivity contribution < 1.29 is 9.59 Å². The summed E-state index contributed by atoms with van der Waals surface area (Å²) in [6.07, 6.45) is 1.13. The summed E-state index contributed by atoms with van der Waals surface area (Å²) in [5, 5.41) is 2.94. The molecule has 5 heteroatoms. The Hall–Kier alpha value is -2.66. The number of nitrogens with zero attached hydrogens (tertiary/aromatic N) is 2. The second-order valence-electron chi connectivity index (χ2n) is 7.70. The molecule has 2 aromatic rings. The Labute approximate surface area is 173 Å². The van der Waals surface area contributed by atoms with Crippen LogP contribution in [0.15, 0.2) is 60.7 Å². The highest BCUT2D eigenvalue weighted by Gasteiger charge is 2.34. The molecule has 1 heterocycles. The zero-order valence-electron chi connectivity index (χ0n) is 17.4. The summed E-state index contributed by atoms with van der Waals surface area (Å²) in [7, 11) is 1.81. The molecular weight excluding hydrogens is 362 g/mol. The van der Waals surface area contributed by atoms with Crippen molar-refractivity contribution in [3.63, 3.8) is 0 Å². The Morgan fingerprint density at radius 1 is 1.10 bits per heavy atom. The van der Waals surface area contributed by atoms with Gasteiger partial charge >= 0.3 is 0 Å². The van der Waals surface area contributed by atoms with Gasteiger partial charge in [0, 0.05) is 39.1 Å². The second-order valence-corrected chi connectivity index (χ2v) is 7.70. The van der Waals surface area contributed by atoms with Crippen LogP contribution in [0.2, 0.25) is 0 Å². The molecule has 1 N–H and O–H groups in total. The van der Waals surface area contributed by atoms with Gasteiger partial charge in [-0.15, -0.1) is 0 Å². The fourth-order valence-corrected chi connectivity index (χ4v) is 3.99. The predicted octanol–water partition coefficient (Wildman–Crippen LogP) is 2.88. The molecule has 5 nitrogen and oxygen atoms in total. The third kappa shape index (κ3) is 5.45. The number of hydrogen-bond acceptors (Lipinski definition) is 3. The lowest BCUT2D eigenvalue weighted by Gasteiger charge is -2.37. The molecule has 0 aromatic heterocycles. The van der Waals surface area contributed by atoms with Crippen LogP contribution >= 0.6 is 0 Å². The third-order valence-electron chi connectivity index (χ3n) is 5.62. The molecule has 0 saturated carbocycles. The first kappa shape index (κ1) is 21.1. The third-order valence-corrected chi connectivity index (χ3v) is 5.62. The molecule has 3 rings (SSSR count). The normalized spacial score (nSPS) is 17.2. The smallest absolute Gasteiger partial charge is 0.237 e. The van der Waals surface area contributed by atoms with Crippen LogP contribution in [0, 0.1) is 0 Å². The molecule has 1 atom stereocenters. The van der Waals surface area contributed by atoms with Crippen LogP contribution in [0.1, 0.15) is 36.8 Å². The summed E-state index contributed by atoms with van der Waals surface area (Å²) in [5.41, 5.74) is 2.44. The van der Waals surface area contributed by atoms with E-state index in [0.717, 1.165) is 13.0 Å². The zero-order valence-corrected chi connectivity index (χ0v) is 17.4. The fourth-order valence-electron chi connectivity index (χ4n) is 3.99. The van der Waals surface area contributed by atoms with Crippen LogP contribution in [-0.2, 0) is 9.59 Å². The van der Waals surface area contributed by atoms with E-state index in [0.29, 0.717) is 19.6 Å². The molecule has 2 amide bonds. The van der Waals surface area contributed by atoms with Crippen molar-refractivity contribution in [2.75, 3.05) is 33.2 Å². The minimum absolute atomic E-state index is 0.0230. The first-order valence-corrected chi connectivity index (χ1v) is 10.5. The van der Waals surface area contributed by atoms with Crippen molar-refractivity contribution in [2.24, 2.45) is 0 Å². The standard InChI is InChI=1S/C24H31N3O2/c1-3-15-26(2)23(28)17-22-24(29)25-14-16-27(22)18-21(19-10-6-4-7-11-19)20-12-8-5-9-13-20/h4-13,21-22H,3,14-18H2,1-2H3,(H,25,29)/t22-/m1/s1. The summed E-state index contributed by atoms with van der Waals surface area (Å²) in [6.45, 7) is 4.83. The molecule has 0 unspecified atom stereocenters. The van der Waals surface area contributed by atoms with Crippen molar-refractivity contribution in [3.8, 4) is 0 Å². The summed E-state index contributed by atoms with van der Waals surface area (Å²) in [4.78, 5) is 29.2. The van der Waals surface area contributed by atoms with E-state index in [2.05, 4.69) is 58.7 Å². The Kier molecular flexibility index (Phi) is 7.42. The van der Waals surface area contributed by atoms with Crippen LogP contribution in [0.25, 0.3) is 0 Å².